The molecule has 0 unspecified atom stereocenters. The first-order chi connectivity index (χ1) is 10.1. The van der Waals surface area contributed by atoms with E-state index in [0.29, 0.717) is 6.61 Å². The highest BCUT2D eigenvalue weighted by atomic mass is 32.1. The molecule has 0 aliphatic rings. The van der Waals surface area contributed by atoms with Gasteiger partial charge < -0.3 is 14.6 Å². The Labute approximate surface area is 126 Å². The minimum atomic E-state index is -0.988. The van der Waals surface area contributed by atoms with E-state index in [0.717, 1.165) is 33.0 Å². The van der Waals surface area contributed by atoms with Crippen molar-refractivity contribution >= 4 is 23.4 Å². The van der Waals surface area contributed by atoms with Gasteiger partial charge in [-0.25, -0.2) is 9.78 Å². The van der Waals surface area contributed by atoms with Crippen molar-refractivity contribution in [3.63, 3.8) is 0 Å². The van der Waals surface area contributed by atoms with Crippen LogP contribution in [0.3, 0.4) is 0 Å². The molecule has 5 nitrogen and oxygen atoms in total. The summed E-state index contributed by atoms with van der Waals surface area (Å²) in [6.07, 6.45) is 2.64. The zero-order chi connectivity index (χ0) is 15.2. The number of carboxylic acids is 1. The van der Waals surface area contributed by atoms with Crippen LogP contribution < -0.4 is 4.74 Å². The molecule has 2 rings (SSSR count). The molecule has 0 saturated heterocycles. The van der Waals surface area contributed by atoms with Crippen molar-refractivity contribution in [2.75, 3.05) is 14.2 Å². The Hall–Kier alpha value is -2.18. The van der Waals surface area contributed by atoms with Crippen LogP contribution >= 0.6 is 11.3 Å². The van der Waals surface area contributed by atoms with E-state index in [1.807, 2.05) is 24.3 Å². The molecule has 1 heterocycles. The van der Waals surface area contributed by atoms with Crippen LogP contribution in [0.5, 0.6) is 5.75 Å². The molecule has 0 aliphatic carbocycles. The summed E-state index contributed by atoms with van der Waals surface area (Å²) >= 11 is 1.43. The molecule has 0 fully saturated rings. The van der Waals surface area contributed by atoms with Gasteiger partial charge in [0.15, 0.2) is 0 Å². The number of aliphatic carboxylic acids is 1. The molecule has 1 aromatic carbocycles. The highest BCUT2D eigenvalue weighted by Gasteiger charge is 2.11. The van der Waals surface area contributed by atoms with Gasteiger partial charge in [-0.2, -0.15) is 0 Å². The van der Waals surface area contributed by atoms with E-state index in [4.69, 9.17) is 14.6 Å². The molecule has 110 valence electrons. The van der Waals surface area contributed by atoms with E-state index in [1.54, 1.807) is 20.3 Å². The second kappa shape index (κ2) is 7.01. The van der Waals surface area contributed by atoms with Crippen molar-refractivity contribution in [3.8, 4) is 16.3 Å². The van der Waals surface area contributed by atoms with Crippen LogP contribution in [-0.4, -0.2) is 30.3 Å². The molecule has 0 atom stereocenters. The average Bonchev–Trinajstić information content (AvgIpc) is 2.89. The number of nitrogens with zero attached hydrogens (tertiary/aromatic N) is 1. The van der Waals surface area contributed by atoms with Crippen LogP contribution in [0.1, 0.15) is 10.6 Å². The molecule has 21 heavy (non-hydrogen) atoms. The number of carboxylic acid groups (broad SMARTS) is 1. The van der Waals surface area contributed by atoms with Gasteiger partial charge in [0.25, 0.3) is 0 Å². The third kappa shape index (κ3) is 3.90. The van der Waals surface area contributed by atoms with Crippen LogP contribution in [0.2, 0.25) is 0 Å². The van der Waals surface area contributed by atoms with Gasteiger partial charge in [-0.05, 0) is 30.3 Å². The van der Waals surface area contributed by atoms with Crippen molar-refractivity contribution in [1.29, 1.82) is 0 Å². The molecule has 6 heteroatoms. The zero-order valence-electron chi connectivity index (χ0n) is 11.7. The fraction of sp³-hybridized carbons (Fsp3) is 0.200. The van der Waals surface area contributed by atoms with E-state index in [1.165, 1.54) is 11.3 Å². The molecular weight excluding hydrogens is 290 g/mol. The SMILES string of the molecule is COCc1nc(-c2ccc(OC)cc2)sc1/C=C/C(=O)O. The van der Waals surface area contributed by atoms with Crippen molar-refractivity contribution < 1.29 is 19.4 Å². The van der Waals surface area contributed by atoms with Gasteiger partial charge in [-0.3, -0.25) is 0 Å². The lowest BCUT2D eigenvalue weighted by Gasteiger charge is -2.00. The van der Waals surface area contributed by atoms with Gasteiger partial charge in [-0.1, -0.05) is 0 Å². The van der Waals surface area contributed by atoms with E-state index in [9.17, 15) is 4.79 Å². The fourth-order valence-electron chi connectivity index (χ4n) is 1.74. The largest absolute Gasteiger partial charge is 0.497 e. The highest BCUT2D eigenvalue weighted by Crippen LogP contribution is 2.30. The number of aromatic nitrogens is 1. The van der Waals surface area contributed by atoms with Crippen molar-refractivity contribution in [2.45, 2.75) is 6.61 Å². The number of hydrogen-bond donors (Lipinski definition) is 1. The maximum Gasteiger partial charge on any atom is 0.328 e. The maximum atomic E-state index is 10.6. The lowest BCUT2D eigenvalue weighted by atomic mass is 10.2. The first-order valence-electron chi connectivity index (χ1n) is 6.18. The molecule has 0 amide bonds. The second-order valence-electron chi connectivity index (χ2n) is 4.16. The Bertz CT molecular complexity index is 646. The Morgan fingerprint density at radius 2 is 2.05 bits per heavy atom. The number of benzene rings is 1. The molecule has 1 aromatic heterocycles. The van der Waals surface area contributed by atoms with E-state index in [2.05, 4.69) is 4.98 Å². The Kier molecular flexibility index (Phi) is 5.08. The first-order valence-corrected chi connectivity index (χ1v) is 6.99. The molecule has 0 radical (unpaired) electrons. The summed E-state index contributed by atoms with van der Waals surface area (Å²) in [7, 11) is 3.20. The minimum absolute atomic E-state index is 0.339. The summed E-state index contributed by atoms with van der Waals surface area (Å²) in [6, 6.07) is 7.55. The van der Waals surface area contributed by atoms with E-state index >= 15 is 0 Å². The highest BCUT2D eigenvalue weighted by molar-refractivity contribution is 7.16. The monoisotopic (exact) mass is 305 g/mol. The standard InChI is InChI=1S/C15H15NO4S/c1-19-9-12-13(7-8-14(17)18)21-15(16-12)10-3-5-11(20-2)6-4-10/h3-8H,9H2,1-2H3,(H,17,18)/b8-7+. The summed E-state index contributed by atoms with van der Waals surface area (Å²) in [5.74, 6) is -0.212. The van der Waals surface area contributed by atoms with Gasteiger partial charge in [0, 0.05) is 18.7 Å². The Balaban J connectivity index is 2.35. The number of carbonyl (C=O) groups is 1. The lowest BCUT2D eigenvalue weighted by molar-refractivity contribution is -0.131. The average molecular weight is 305 g/mol. The fourth-order valence-corrected chi connectivity index (χ4v) is 2.71. The molecular formula is C15H15NO4S. The summed E-state index contributed by atoms with van der Waals surface area (Å²) in [6.45, 7) is 0.339. The predicted molar refractivity (Wildman–Crippen MR) is 81.5 cm³/mol. The van der Waals surface area contributed by atoms with Gasteiger partial charge in [0.1, 0.15) is 10.8 Å². The van der Waals surface area contributed by atoms with E-state index < -0.39 is 5.97 Å². The van der Waals surface area contributed by atoms with Gasteiger partial charge >= 0.3 is 5.97 Å². The maximum absolute atomic E-state index is 10.6. The minimum Gasteiger partial charge on any atom is -0.497 e. The van der Waals surface area contributed by atoms with Crippen molar-refractivity contribution in [1.82, 2.24) is 4.98 Å². The number of hydrogen-bond acceptors (Lipinski definition) is 5. The van der Waals surface area contributed by atoms with Crippen LogP contribution in [0.15, 0.2) is 30.3 Å². The van der Waals surface area contributed by atoms with Crippen molar-refractivity contribution in [2.24, 2.45) is 0 Å². The number of rotatable bonds is 6. The van der Waals surface area contributed by atoms with Gasteiger partial charge in [0.2, 0.25) is 0 Å². The summed E-state index contributed by atoms with van der Waals surface area (Å²) in [5, 5.41) is 9.54. The third-order valence-corrected chi connectivity index (χ3v) is 3.83. The third-order valence-electron chi connectivity index (χ3n) is 2.72. The van der Waals surface area contributed by atoms with E-state index in [-0.39, 0.29) is 0 Å². The Morgan fingerprint density at radius 3 is 2.62 bits per heavy atom. The molecule has 1 N–H and O–H groups in total. The van der Waals surface area contributed by atoms with Crippen LogP contribution in [0, 0.1) is 0 Å². The summed E-state index contributed by atoms with van der Waals surface area (Å²) in [5.41, 5.74) is 1.68. The molecule has 0 aliphatic heterocycles. The first kappa shape index (κ1) is 15.2. The lowest BCUT2D eigenvalue weighted by Crippen LogP contribution is -1.91. The molecule has 0 bridgehead atoms. The van der Waals surface area contributed by atoms with Gasteiger partial charge in [0.05, 0.1) is 24.3 Å². The smallest absolute Gasteiger partial charge is 0.328 e. The molecule has 2 aromatic rings. The number of methoxy groups -OCH3 is 2. The normalized spacial score (nSPS) is 11.0. The summed E-state index contributed by atoms with van der Waals surface area (Å²) < 4.78 is 10.2. The van der Waals surface area contributed by atoms with Crippen LogP contribution in [-0.2, 0) is 16.1 Å². The van der Waals surface area contributed by atoms with Gasteiger partial charge in [-0.15, -0.1) is 11.3 Å². The van der Waals surface area contributed by atoms with Crippen molar-refractivity contribution in [3.05, 3.63) is 40.9 Å². The zero-order valence-corrected chi connectivity index (χ0v) is 12.5. The number of ether oxygens (including phenoxy) is 2. The Morgan fingerprint density at radius 1 is 1.33 bits per heavy atom. The second-order valence-corrected chi connectivity index (χ2v) is 5.19. The topological polar surface area (TPSA) is 68.7 Å². The predicted octanol–water partition coefficient (Wildman–Crippen LogP) is 3.06. The van der Waals surface area contributed by atoms with Crippen LogP contribution in [0.25, 0.3) is 16.6 Å². The summed E-state index contributed by atoms with van der Waals surface area (Å²) in [4.78, 5) is 15.9. The number of thiazole rings is 1. The quantitative estimate of drug-likeness (QED) is 0.831. The molecule has 0 spiro atoms. The van der Waals surface area contributed by atoms with Crippen LogP contribution in [0.4, 0.5) is 0 Å². The molecule has 0 saturated carbocycles.